The molecule has 1 aliphatic heterocycles. The molecular formula is C30H52N6O9. The summed E-state index contributed by atoms with van der Waals surface area (Å²) in [6.45, 7) is 12.7. The van der Waals surface area contributed by atoms with Crippen molar-refractivity contribution >= 4 is 41.6 Å². The van der Waals surface area contributed by atoms with Crippen LogP contribution < -0.4 is 21.3 Å². The Balaban J connectivity index is 3.26. The third-order valence-corrected chi connectivity index (χ3v) is 7.31. The third-order valence-electron chi connectivity index (χ3n) is 7.31. The van der Waals surface area contributed by atoms with E-state index in [4.69, 9.17) is 0 Å². The maximum atomic E-state index is 13.5. The Morgan fingerprint density at radius 2 is 1.20 bits per heavy atom. The Morgan fingerprint density at radius 1 is 0.711 bits per heavy atom. The van der Waals surface area contributed by atoms with Crippen LogP contribution in [-0.4, -0.2) is 112 Å². The third kappa shape index (κ3) is 13.7. The molecular weight excluding hydrogens is 588 g/mol. The SMILES string of the molecule is CCCN(CCC)C(=O)NC(C(=O)NC(CC(=O)N1CCCC1)C(=O)NC(CC(=O)O)C(=O)NC(CC(C)C)C(=O)O)C(C)C. The van der Waals surface area contributed by atoms with Crippen LogP contribution in [0.25, 0.3) is 0 Å². The Morgan fingerprint density at radius 3 is 1.64 bits per heavy atom. The fourth-order valence-corrected chi connectivity index (χ4v) is 4.98. The van der Waals surface area contributed by atoms with Crippen LogP contribution >= 0.6 is 0 Å². The number of carbonyl (C=O) groups is 7. The van der Waals surface area contributed by atoms with Crippen molar-refractivity contribution in [1.82, 2.24) is 31.1 Å². The first-order valence-electron chi connectivity index (χ1n) is 15.8. The van der Waals surface area contributed by atoms with Crippen molar-refractivity contribution in [2.24, 2.45) is 11.8 Å². The largest absolute Gasteiger partial charge is 0.481 e. The second-order valence-electron chi connectivity index (χ2n) is 12.2. The number of urea groups is 1. The van der Waals surface area contributed by atoms with Gasteiger partial charge in [0.1, 0.15) is 24.2 Å². The molecule has 0 aromatic rings. The molecule has 256 valence electrons. The molecule has 0 aromatic heterocycles. The number of nitrogens with zero attached hydrogens (tertiary/aromatic N) is 2. The summed E-state index contributed by atoms with van der Waals surface area (Å²) in [5.74, 6) is -6.46. The van der Waals surface area contributed by atoms with Crippen molar-refractivity contribution in [2.75, 3.05) is 26.2 Å². The number of carbonyl (C=O) groups excluding carboxylic acids is 5. The Hall–Kier alpha value is -3.91. The summed E-state index contributed by atoms with van der Waals surface area (Å²) in [6, 6.07) is -6.05. The van der Waals surface area contributed by atoms with Crippen molar-refractivity contribution in [3.8, 4) is 0 Å². The van der Waals surface area contributed by atoms with Crippen molar-refractivity contribution in [3.63, 3.8) is 0 Å². The Kier molecular flexibility index (Phi) is 16.9. The second-order valence-corrected chi connectivity index (χ2v) is 12.2. The molecule has 4 atom stereocenters. The van der Waals surface area contributed by atoms with Crippen LogP contribution in [0.15, 0.2) is 0 Å². The standard InChI is InChI=1S/C30H52N6O9/c1-7-11-36(12-8-2)30(45)34-25(19(5)6)28(42)32-20(16-23(37)35-13-9-10-14-35)26(40)31-21(17-24(38)39)27(41)33-22(29(43)44)15-18(3)4/h18-22,25H,7-17H2,1-6H3,(H,31,40)(H,32,42)(H,33,41)(H,34,45)(H,38,39)(H,43,44). The lowest BCUT2D eigenvalue weighted by atomic mass is 10.0. The predicted octanol–water partition coefficient (Wildman–Crippen LogP) is 0.915. The minimum Gasteiger partial charge on any atom is -0.481 e. The number of hydrogen-bond acceptors (Lipinski definition) is 7. The van der Waals surface area contributed by atoms with Gasteiger partial charge in [-0.05, 0) is 43.9 Å². The molecule has 1 heterocycles. The topological polar surface area (TPSA) is 215 Å². The molecule has 0 spiro atoms. The highest BCUT2D eigenvalue weighted by molar-refractivity contribution is 5.98. The summed E-state index contributed by atoms with van der Waals surface area (Å²) < 4.78 is 0. The van der Waals surface area contributed by atoms with Gasteiger partial charge in [-0.15, -0.1) is 0 Å². The van der Waals surface area contributed by atoms with E-state index in [0.29, 0.717) is 39.0 Å². The van der Waals surface area contributed by atoms with Gasteiger partial charge in [0.25, 0.3) is 0 Å². The molecule has 1 saturated heterocycles. The summed E-state index contributed by atoms with van der Waals surface area (Å²) in [5.41, 5.74) is 0. The number of carboxylic acids is 2. The molecule has 6 amide bonds. The highest BCUT2D eigenvalue weighted by Crippen LogP contribution is 2.12. The number of amides is 6. The molecule has 15 nitrogen and oxygen atoms in total. The fourth-order valence-electron chi connectivity index (χ4n) is 4.98. The molecule has 4 unspecified atom stereocenters. The van der Waals surface area contributed by atoms with Gasteiger partial charge < -0.3 is 41.3 Å². The van der Waals surface area contributed by atoms with Gasteiger partial charge in [0, 0.05) is 26.2 Å². The van der Waals surface area contributed by atoms with Crippen molar-refractivity contribution in [3.05, 3.63) is 0 Å². The predicted molar refractivity (Wildman–Crippen MR) is 165 cm³/mol. The molecule has 1 aliphatic rings. The maximum absolute atomic E-state index is 13.5. The molecule has 0 radical (unpaired) electrons. The van der Waals surface area contributed by atoms with Gasteiger partial charge >= 0.3 is 18.0 Å². The van der Waals surface area contributed by atoms with Crippen LogP contribution in [0.2, 0.25) is 0 Å². The summed E-state index contributed by atoms with van der Waals surface area (Å²) in [7, 11) is 0. The van der Waals surface area contributed by atoms with E-state index in [1.54, 1.807) is 37.5 Å². The molecule has 1 fully saturated rings. The number of likely N-dealkylation sites (tertiary alicyclic amines) is 1. The fraction of sp³-hybridized carbons (Fsp3) is 0.767. The van der Waals surface area contributed by atoms with Gasteiger partial charge in [0.15, 0.2) is 0 Å². The molecule has 6 N–H and O–H groups in total. The van der Waals surface area contributed by atoms with Gasteiger partial charge in [0.05, 0.1) is 12.8 Å². The number of nitrogens with one attached hydrogen (secondary N) is 4. The molecule has 0 aliphatic carbocycles. The van der Waals surface area contributed by atoms with Crippen LogP contribution in [0.3, 0.4) is 0 Å². The number of aliphatic carboxylic acids is 2. The maximum Gasteiger partial charge on any atom is 0.326 e. The minimum atomic E-state index is -1.69. The van der Waals surface area contributed by atoms with Crippen LogP contribution in [0, 0.1) is 11.8 Å². The number of carboxylic acid groups (broad SMARTS) is 2. The normalized spacial score (nSPS) is 15.5. The van der Waals surface area contributed by atoms with Gasteiger partial charge in [-0.1, -0.05) is 41.5 Å². The Labute approximate surface area is 265 Å². The highest BCUT2D eigenvalue weighted by Gasteiger charge is 2.35. The average Bonchev–Trinajstić information content (AvgIpc) is 3.49. The smallest absolute Gasteiger partial charge is 0.326 e. The van der Waals surface area contributed by atoms with Crippen molar-refractivity contribution in [2.45, 2.75) is 111 Å². The van der Waals surface area contributed by atoms with E-state index >= 15 is 0 Å². The monoisotopic (exact) mass is 640 g/mol. The zero-order valence-corrected chi connectivity index (χ0v) is 27.4. The van der Waals surface area contributed by atoms with E-state index in [0.717, 1.165) is 12.8 Å². The van der Waals surface area contributed by atoms with Crippen LogP contribution in [0.1, 0.15) is 86.5 Å². The first-order chi connectivity index (χ1) is 21.1. The Bertz CT molecular complexity index is 1040. The van der Waals surface area contributed by atoms with E-state index in [9.17, 15) is 43.8 Å². The molecule has 45 heavy (non-hydrogen) atoms. The second kappa shape index (κ2) is 19.5. The molecule has 15 heteroatoms. The van der Waals surface area contributed by atoms with Crippen LogP contribution in [-0.2, 0) is 28.8 Å². The summed E-state index contributed by atoms with van der Waals surface area (Å²) in [5, 5.41) is 28.8. The summed E-state index contributed by atoms with van der Waals surface area (Å²) in [4.78, 5) is 92.5. The molecule has 0 saturated carbocycles. The van der Waals surface area contributed by atoms with Crippen LogP contribution in [0.4, 0.5) is 4.79 Å². The zero-order chi connectivity index (χ0) is 34.3. The highest BCUT2D eigenvalue weighted by atomic mass is 16.4. The van der Waals surface area contributed by atoms with Crippen molar-refractivity contribution in [1.29, 1.82) is 0 Å². The van der Waals surface area contributed by atoms with E-state index in [1.165, 1.54) is 0 Å². The minimum absolute atomic E-state index is 0.0636. The van der Waals surface area contributed by atoms with Gasteiger partial charge in [-0.2, -0.15) is 0 Å². The van der Waals surface area contributed by atoms with Crippen LogP contribution in [0.5, 0.6) is 0 Å². The van der Waals surface area contributed by atoms with Gasteiger partial charge in [0.2, 0.25) is 23.6 Å². The zero-order valence-electron chi connectivity index (χ0n) is 27.4. The summed E-state index contributed by atoms with van der Waals surface area (Å²) in [6.07, 6.45) is 1.70. The summed E-state index contributed by atoms with van der Waals surface area (Å²) >= 11 is 0. The van der Waals surface area contributed by atoms with Gasteiger partial charge in [-0.25, -0.2) is 9.59 Å². The van der Waals surface area contributed by atoms with Gasteiger partial charge in [-0.3, -0.25) is 24.0 Å². The lowest BCUT2D eigenvalue weighted by Crippen LogP contribution is -2.60. The quantitative estimate of drug-likeness (QED) is 0.118. The molecule has 1 rings (SSSR count). The first-order valence-corrected chi connectivity index (χ1v) is 15.8. The number of rotatable bonds is 19. The van der Waals surface area contributed by atoms with E-state index < -0.39 is 84.5 Å². The number of hydrogen-bond donors (Lipinski definition) is 6. The molecule has 0 aromatic carbocycles. The lowest BCUT2D eigenvalue weighted by Gasteiger charge is -2.29. The van der Waals surface area contributed by atoms with E-state index in [2.05, 4.69) is 21.3 Å². The van der Waals surface area contributed by atoms with Crippen molar-refractivity contribution < 1.29 is 43.8 Å². The lowest BCUT2D eigenvalue weighted by molar-refractivity contribution is -0.144. The van der Waals surface area contributed by atoms with E-state index in [-0.39, 0.29) is 12.3 Å². The first kappa shape index (κ1) is 39.1. The average molecular weight is 641 g/mol. The van der Waals surface area contributed by atoms with E-state index in [1.807, 2.05) is 13.8 Å². The molecule has 0 bridgehead atoms.